The molecule has 4 nitrogen and oxygen atoms in total. The van der Waals surface area contributed by atoms with Crippen LogP contribution in [0.4, 0.5) is 0 Å². The van der Waals surface area contributed by atoms with E-state index in [4.69, 9.17) is 10.2 Å². The summed E-state index contributed by atoms with van der Waals surface area (Å²) >= 11 is 0. The molecule has 0 radical (unpaired) electrons. The van der Waals surface area contributed by atoms with Gasteiger partial charge in [-0.25, -0.2) is 0 Å². The number of pyridine rings is 1. The number of nitrogens with one attached hydrogen (secondary N) is 1. The largest absolute Gasteiger partial charge is 0.503 e. The molecule has 3 N–H and O–H groups in total. The Morgan fingerprint density at radius 3 is 2.58 bits per heavy atom. The molecule has 0 fully saturated rings. The van der Waals surface area contributed by atoms with Crippen molar-refractivity contribution >= 4 is 6.08 Å². The molecule has 1 rings (SSSR count). The summed E-state index contributed by atoms with van der Waals surface area (Å²) in [5, 5.41) is 18.3. The number of hydrogen-bond donors (Lipinski definition) is 3. The summed E-state index contributed by atoms with van der Waals surface area (Å²) in [4.78, 5) is 12.9. The molecule has 0 aliphatic heterocycles. The van der Waals surface area contributed by atoms with E-state index in [1.165, 1.54) is 13.0 Å². The number of aromatic hydroxyl groups is 2. The Labute approximate surface area is 68.8 Å². The minimum absolute atomic E-state index is 0.273. The minimum Gasteiger partial charge on any atom is -0.503 e. The first kappa shape index (κ1) is 8.39. The van der Waals surface area contributed by atoms with Crippen LogP contribution in [0.1, 0.15) is 11.1 Å². The van der Waals surface area contributed by atoms with Gasteiger partial charge in [0.25, 0.3) is 5.56 Å². The zero-order valence-electron chi connectivity index (χ0n) is 6.59. The van der Waals surface area contributed by atoms with Crippen LogP contribution in [0.2, 0.25) is 0 Å². The molecule has 0 amide bonds. The first-order chi connectivity index (χ1) is 5.57. The molecular weight excluding hydrogens is 158 g/mol. The van der Waals surface area contributed by atoms with E-state index in [9.17, 15) is 4.79 Å². The quantitative estimate of drug-likeness (QED) is 0.577. The van der Waals surface area contributed by atoms with Crippen LogP contribution in [-0.4, -0.2) is 15.2 Å². The van der Waals surface area contributed by atoms with Crippen molar-refractivity contribution in [1.82, 2.24) is 4.98 Å². The highest BCUT2D eigenvalue weighted by Gasteiger charge is 2.09. The Hall–Kier alpha value is -1.71. The molecule has 1 aromatic rings. The Kier molecular flexibility index (Phi) is 1.91. The predicted molar refractivity (Wildman–Crippen MR) is 45.2 cm³/mol. The molecule has 12 heavy (non-hydrogen) atoms. The Morgan fingerprint density at radius 2 is 2.08 bits per heavy atom. The van der Waals surface area contributed by atoms with Crippen molar-refractivity contribution in [2.24, 2.45) is 0 Å². The highest BCUT2D eigenvalue weighted by atomic mass is 16.3. The van der Waals surface area contributed by atoms with Crippen LogP contribution in [0, 0.1) is 6.92 Å². The first-order valence-corrected chi connectivity index (χ1v) is 3.35. The molecule has 0 aliphatic rings. The van der Waals surface area contributed by atoms with E-state index in [1.54, 1.807) is 0 Å². The van der Waals surface area contributed by atoms with E-state index in [0.29, 0.717) is 11.1 Å². The lowest BCUT2D eigenvalue weighted by molar-refractivity contribution is 0.430. The Bertz CT molecular complexity index is 379. The summed E-state index contributed by atoms with van der Waals surface area (Å²) in [5.74, 6) is -0.659. The van der Waals surface area contributed by atoms with E-state index < -0.39 is 5.56 Å². The van der Waals surface area contributed by atoms with Gasteiger partial charge in [0.05, 0.1) is 0 Å². The predicted octanol–water partition coefficient (Wildman–Crippen LogP) is 0.738. The molecule has 64 valence electrons. The number of rotatable bonds is 1. The summed E-state index contributed by atoms with van der Waals surface area (Å²) in [6.45, 7) is 4.96. The van der Waals surface area contributed by atoms with Crippen molar-refractivity contribution in [2.75, 3.05) is 0 Å². The summed E-state index contributed by atoms with van der Waals surface area (Å²) in [6, 6.07) is 0. The highest BCUT2D eigenvalue weighted by Crippen LogP contribution is 2.22. The van der Waals surface area contributed by atoms with E-state index in [1.807, 2.05) is 0 Å². The third-order valence-corrected chi connectivity index (χ3v) is 1.67. The molecule has 1 heterocycles. The lowest BCUT2D eigenvalue weighted by Gasteiger charge is -2.03. The van der Waals surface area contributed by atoms with E-state index in [-0.39, 0.29) is 11.6 Å². The molecule has 0 unspecified atom stereocenters. The third kappa shape index (κ3) is 1.07. The van der Waals surface area contributed by atoms with E-state index >= 15 is 0 Å². The lowest BCUT2D eigenvalue weighted by atomic mass is 10.1. The van der Waals surface area contributed by atoms with E-state index in [0.717, 1.165) is 0 Å². The highest BCUT2D eigenvalue weighted by molar-refractivity contribution is 5.59. The molecule has 0 aliphatic carbocycles. The first-order valence-electron chi connectivity index (χ1n) is 3.35. The van der Waals surface area contributed by atoms with Crippen molar-refractivity contribution in [3.63, 3.8) is 0 Å². The van der Waals surface area contributed by atoms with Gasteiger partial charge >= 0.3 is 0 Å². The van der Waals surface area contributed by atoms with Gasteiger partial charge < -0.3 is 10.2 Å². The van der Waals surface area contributed by atoms with Gasteiger partial charge in [-0.3, -0.25) is 9.78 Å². The van der Waals surface area contributed by atoms with Crippen LogP contribution in [0.15, 0.2) is 11.4 Å². The standard InChI is InChI=1S/C8H9NO3/c1-3-5-4(2)6(10)8(12)9-7(5)11/h3,10H,1H2,2H3,(H2,9,11,12). The average molecular weight is 167 g/mol. The summed E-state index contributed by atoms with van der Waals surface area (Å²) in [6.07, 6.45) is 1.36. The minimum atomic E-state index is -0.699. The van der Waals surface area contributed by atoms with Gasteiger partial charge in [-0.15, -0.1) is 0 Å². The van der Waals surface area contributed by atoms with Crippen molar-refractivity contribution in [1.29, 1.82) is 0 Å². The molecule has 0 saturated heterocycles. The Morgan fingerprint density at radius 1 is 1.50 bits per heavy atom. The summed E-state index contributed by atoms with van der Waals surface area (Å²) < 4.78 is 0. The summed E-state index contributed by atoms with van der Waals surface area (Å²) in [7, 11) is 0. The molecule has 0 aromatic carbocycles. The van der Waals surface area contributed by atoms with Gasteiger partial charge in [-0.1, -0.05) is 12.7 Å². The van der Waals surface area contributed by atoms with Crippen molar-refractivity contribution in [3.05, 3.63) is 28.1 Å². The molecule has 1 aromatic heterocycles. The van der Waals surface area contributed by atoms with Crippen LogP contribution in [0.3, 0.4) is 0 Å². The molecule has 0 saturated carbocycles. The fourth-order valence-electron chi connectivity index (χ4n) is 0.959. The molecule has 0 atom stereocenters. The zero-order chi connectivity index (χ0) is 9.30. The summed E-state index contributed by atoms with van der Waals surface area (Å²) in [5.41, 5.74) is -0.0334. The maximum atomic E-state index is 10.8. The molecule has 0 spiro atoms. The maximum absolute atomic E-state index is 10.8. The van der Waals surface area contributed by atoms with Gasteiger partial charge in [0, 0.05) is 11.1 Å². The second kappa shape index (κ2) is 2.73. The Balaban J connectivity index is 3.62. The van der Waals surface area contributed by atoms with E-state index in [2.05, 4.69) is 11.6 Å². The molecular formula is C8H9NO3. The topological polar surface area (TPSA) is 73.3 Å². The van der Waals surface area contributed by atoms with Crippen LogP contribution in [-0.2, 0) is 0 Å². The van der Waals surface area contributed by atoms with Gasteiger partial charge in [0.2, 0.25) is 0 Å². The third-order valence-electron chi connectivity index (χ3n) is 1.67. The number of H-pyrrole nitrogens is 1. The monoisotopic (exact) mass is 167 g/mol. The number of hydrogen-bond acceptors (Lipinski definition) is 3. The van der Waals surface area contributed by atoms with Gasteiger partial charge in [0.1, 0.15) is 0 Å². The van der Waals surface area contributed by atoms with Crippen LogP contribution < -0.4 is 5.56 Å². The normalized spacial score (nSPS) is 9.75. The second-order valence-corrected chi connectivity index (χ2v) is 2.39. The van der Waals surface area contributed by atoms with Gasteiger partial charge in [-0.05, 0) is 6.92 Å². The van der Waals surface area contributed by atoms with Crippen molar-refractivity contribution in [3.8, 4) is 11.6 Å². The maximum Gasteiger partial charge on any atom is 0.293 e. The molecule has 0 bridgehead atoms. The molecule has 4 heteroatoms. The van der Waals surface area contributed by atoms with Crippen LogP contribution >= 0.6 is 0 Å². The number of aromatic amines is 1. The SMILES string of the molecule is C=Cc1c(O)[nH]c(=O)c(O)c1C. The van der Waals surface area contributed by atoms with Crippen molar-refractivity contribution in [2.45, 2.75) is 6.92 Å². The smallest absolute Gasteiger partial charge is 0.293 e. The fraction of sp³-hybridized carbons (Fsp3) is 0.125. The second-order valence-electron chi connectivity index (χ2n) is 2.39. The van der Waals surface area contributed by atoms with Crippen LogP contribution in [0.5, 0.6) is 11.6 Å². The van der Waals surface area contributed by atoms with Crippen LogP contribution in [0.25, 0.3) is 6.08 Å². The fourth-order valence-corrected chi connectivity index (χ4v) is 0.959. The zero-order valence-corrected chi connectivity index (χ0v) is 6.59. The lowest BCUT2D eigenvalue weighted by Crippen LogP contribution is -2.07. The van der Waals surface area contributed by atoms with Gasteiger partial charge in [0.15, 0.2) is 11.6 Å². The average Bonchev–Trinajstić information content (AvgIpc) is 2.01. The van der Waals surface area contributed by atoms with Gasteiger partial charge in [-0.2, -0.15) is 0 Å². The number of aromatic nitrogens is 1. The van der Waals surface area contributed by atoms with Crippen molar-refractivity contribution < 1.29 is 10.2 Å².